The first-order valence-corrected chi connectivity index (χ1v) is 14.3. The highest BCUT2D eigenvalue weighted by Crippen LogP contribution is 2.34. The molecule has 0 saturated heterocycles. The van der Waals surface area contributed by atoms with Gasteiger partial charge in [-0.1, -0.05) is 6.07 Å². The van der Waals surface area contributed by atoms with E-state index in [0.717, 1.165) is 47.4 Å². The van der Waals surface area contributed by atoms with Crippen molar-refractivity contribution in [2.75, 3.05) is 30.9 Å². The second-order valence-corrected chi connectivity index (χ2v) is 11.6. The molecule has 4 aromatic rings. The van der Waals surface area contributed by atoms with Crippen molar-refractivity contribution in [3.05, 3.63) is 77.2 Å². The van der Waals surface area contributed by atoms with Gasteiger partial charge in [0.1, 0.15) is 5.82 Å². The van der Waals surface area contributed by atoms with Gasteiger partial charge in [0.25, 0.3) is 5.91 Å². The SMILES string of the molecule is COc1cc2c(cn1)CCCN2c1ccc2cnc(CNC(=O)c3ccc4c(c3)S(=O)(=O)CCOC4)cc2n1. The number of amides is 1. The Kier molecular flexibility index (Phi) is 6.61. The Labute approximate surface area is 225 Å². The van der Waals surface area contributed by atoms with Crippen LogP contribution in [-0.4, -0.2) is 55.3 Å². The summed E-state index contributed by atoms with van der Waals surface area (Å²) in [6.07, 6.45) is 5.54. The maximum absolute atomic E-state index is 12.9. The number of hydrogen-bond acceptors (Lipinski definition) is 9. The van der Waals surface area contributed by atoms with Gasteiger partial charge in [0.2, 0.25) is 5.88 Å². The second-order valence-electron chi connectivity index (χ2n) is 9.52. The van der Waals surface area contributed by atoms with Crippen molar-refractivity contribution in [3.8, 4) is 5.88 Å². The number of methoxy groups -OCH3 is 1. The van der Waals surface area contributed by atoms with E-state index in [9.17, 15) is 13.2 Å². The molecule has 200 valence electrons. The van der Waals surface area contributed by atoms with E-state index in [1.54, 1.807) is 25.4 Å². The van der Waals surface area contributed by atoms with Gasteiger partial charge in [0.15, 0.2) is 9.84 Å². The lowest BCUT2D eigenvalue weighted by Crippen LogP contribution is -2.25. The van der Waals surface area contributed by atoms with Crippen molar-refractivity contribution in [2.24, 2.45) is 0 Å². The highest BCUT2D eigenvalue weighted by atomic mass is 32.2. The molecule has 0 aliphatic carbocycles. The quantitative estimate of drug-likeness (QED) is 0.402. The van der Waals surface area contributed by atoms with Crippen LogP contribution in [0.15, 0.2) is 59.8 Å². The molecule has 2 aliphatic heterocycles. The van der Waals surface area contributed by atoms with E-state index in [2.05, 4.69) is 20.2 Å². The van der Waals surface area contributed by atoms with Crippen molar-refractivity contribution in [3.63, 3.8) is 0 Å². The van der Waals surface area contributed by atoms with E-state index in [4.69, 9.17) is 14.5 Å². The van der Waals surface area contributed by atoms with Crippen LogP contribution in [-0.2, 0) is 34.1 Å². The van der Waals surface area contributed by atoms with Crippen LogP contribution < -0.4 is 15.0 Å². The van der Waals surface area contributed by atoms with E-state index in [-0.39, 0.29) is 41.9 Å². The molecule has 0 spiro atoms. The molecule has 0 fully saturated rings. The number of ether oxygens (including phenoxy) is 2. The van der Waals surface area contributed by atoms with Gasteiger partial charge < -0.3 is 19.7 Å². The third-order valence-corrected chi connectivity index (χ3v) is 8.76. The minimum Gasteiger partial charge on any atom is -0.481 e. The summed E-state index contributed by atoms with van der Waals surface area (Å²) in [5.74, 6) is 0.889. The lowest BCUT2D eigenvalue weighted by atomic mass is 10.0. The smallest absolute Gasteiger partial charge is 0.251 e. The molecule has 1 N–H and O–H groups in total. The summed E-state index contributed by atoms with van der Waals surface area (Å²) < 4.78 is 35.8. The molecule has 2 aliphatic rings. The predicted octanol–water partition coefficient (Wildman–Crippen LogP) is 3.35. The van der Waals surface area contributed by atoms with E-state index < -0.39 is 9.84 Å². The summed E-state index contributed by atoms with van der Waals surface area (Å²) >= 11 is 0. The molecule has 0 atom stereocenters. The Morgan fingerprint density at radius 2 is 2.00 bits per heavy atom. The monoisotopic (exact) mass is 545 g/mol. The Bertz CT molecular complexity index is 1690. The molecule has 39 heavy (non-hydrogen) atoms. The fourth-order valence-corrected chi connectivity index (χ4v) is 6.32. The minimum absolute atomic E-state index is 0.103. The summed E-state index contributed by atoms with van der Waals surface area (Å²) in [5.41, 5.74) is 4.43. The number of nitrogens with one attached hydrogen (secondary N) is 1. The van der Waals surface area contributed by atoms with Crippen LogP contribution in [0.2, 0.25) is 0 Å². The third kappa shape index (κ3) is 5.02. The second kappa shape index (κ2) is 10.2. The van der Waals surface area contributed by atoms with Crippen LogP contribution in [0.4, 0.5) is 11.5 Å². The maximum Gasteiger partial charge on any atom is 0.251 e. The fourth-order valence-electron chi connectivity index (χ4n) is 4.93. The number of pyridine rings is 3. The summed E-state index contributed by atoms with van der Waals surface area (Å²) in [7, 11) is -1.90. The Hall–Kier alpha value is -4.09. The summed E-state index contributed by atoms with van der Waals surface area (Å²) in [4.78, 5) is 28.9. The number of nitrogens with zero attached hydrogens (tertiary/aromatic N) is 4. The lowest BCUT2D eigenvalue weighted by Gasteiger charge is -2.30. The molecule has 0 radical (unpaired) electrons. The van der Waals surface area contributed by atoms with Gasteiger partial charge in [-0.3, -0.25) is 9.78 Å². The Balaban J connectivity index is 1.22. The molecule has 6 rings (SSSR count). The highest BCUT2D eigenvalue weighted by Gasteiger charge is 2.24. The van der Waals surface area contributed by atoms with Crippen LogP contribution in [0.1, 0.15) is 33.6 Å². The molecule has 0 unspecified atom stereocenters. The van der Waals surface area contributed by atoms with Gasteiger partial charge in [-0.15, -0.1) is 0 Å². The fraction of sp³-hybridized carbons (Fsp3) is 0.286. The maximum atomic E-state index is 12.9. The van der Waals surface area contributed by atoms with Gasteiger partial charge in [-0.25, -0.2) is 18.4 Å². The lowest BCUT2D eigenvalue weighted by molar-refractivity contribution is 0.0950. The number of hydrogen-bond donors (Lipinski definition) is 1. The topological polar surface area (TPSA) is 124 Å². The van der Waals surface area contributed by atoms with E-state index in [1.165, 1.54) is 6.07 Å². The van der Waals surface area contributed by atoms with E-state index in [1.807, 2.05) is 30.5 Å². The number of carbonyl (C=O) groups is 1. The standard InChI is InChI=1S/C28H27N5O5S/c1-37-27-13-24-20(15-30-27)3-2-8-33(24)26-7-6-19-14-29-22(12-23(19)32-26)16-31-28(34)18-4-5-21-17-38-9-10-39(35,36)25(21)11-18/h4-7,11-15H,2-3,8-10,16-17H2,1H3,(H,31,34). The molecule has 0 saturated carbocycles. The van der Waals surface area contributed by atoms with Crippen LogP contribution in [0, 0.1) is 0 Å². The number of carbonyl (C=O) groups excluding carboxylic acids is 1. The van der Waals surface area contributed by atoms with Crippen molar-refractivity contribution in [2.45, 2.75) is 30.9 Å². The molecule has 0 bridgehead atoms. The Morgan fingerprint density at radius 1 is 1.10 bits per heavy atom. The van der Waals surface area contributed by atoms with Gasteiger partial charge in [0, 0.05) is 36.0 Å². The summed E-state index contributed by atoms with van der Waals surface area (Å²) in [5, 5.41) is 3.73. The molecule has 10 nitrogen and oxygen atoms in total. The van der Waals surface area contributed by atoms with Crippen molar-refractivity contribution in [1.82, 2.24) is 20.3 Å². The van der Waals surface area contributed by atoms with Gasteiger partial charge >= 0.3 is 0 Å². The molecule has 3 aromatic heterocycles. The zero-order valence-electron chi connectivity index (χ0n) is 21.4. The van der Waals surface area contributed by atoms with E-state index in [0.29, 0.717) is 17.1 Å². The number of fused-ring (bicyclic) bond motifs is 3. The molecular formula is C28H27N5O5S. The first-order chi connectivity index (χ1) is 18.9. The van der Waals surface area contributed by atoms with E-state index >= 15 is 0 Å². The van der Waals surface area contributed by atoms with Crippen LogP contribution in [0.25, 0.3) is 10.9 Å². The predicted molar refractivity (Wildman–Crippen MR) is 145 cm³/mol. The normalized spacial score (nSPS) is 16.2. The third-order valence-electron chi connectivity index (χ3n) is 7.01. The molecule has 1 amide bonds. The molecule has 5 heterocycles. The number of rotatable bonds is 5. The average Bonchev–Trinajstić information content (AvgIpc) is 3.12. The summed E-state index contributed by atoms with van der Waals surface area (Å²) in [6.45, 7) is 1.34. The first-order valence-electron chi connectivity index (χ1n) is 12.7. The van der Waals surface area contributed by atoms with Gasteiger partial charge in [-0.05, 0) is 54.3 Å². The van der Waals surface area contributed by atoms with Gasteiger partial charge in [0.05, 0.1) is 54.4 Å². The molecule has 11 heteroatoms. The van der Waals surface area contributed by atoms with Gasteiger partial charge in [-0.2, -0.15) is 0 Å². The Morgan fingerprint density at radius 3 is 2.87 bits per heavy atom. The number of sulfone groups is 1. The van der Waals surface area contributed by atoms with Crippen molar-refractivity contribution < 1.29 is 22.7 Å². The first kappa shape index (κ1) is 25.2. The molecule has 1 aromatic carbocycles. The van der Waals surface area contributed by atoms with Crippen molar-refractivity contribution >= 4 is 38.2 Å². The number of aryl methyl sites for hydroxylation is 1. The van der Waals surface area contributed by atoms with Crippen LogP contribution in [0.3, 0.4) is 0 Å². The summed E-state index contributed by atoms with van der Waals surface area (Å²) in [6, 6.07) is 12.4. The number of anilines is 2. The van der Waals surface area contributed by atoms with Crippen LogP contribution >= 0.6 is 0 Å². The number of aromatic nitrogens is 3. The van der Waals surface area contributed by atoms with Crippen LogP contribution in [0.5, 0.6) is 5.88 Å². The number of benzene rings is 1. The largest absolute Gasteiger partial charge is 0.481 e. The molecular weight excluding hydrogens is 518 g/mol. The highest BCUT2D eigenvalue weighted by molar-refractivity contribution is 7.91. The average molecular weight is 546 g/mol. The van der Waals surface area contributed by atoms with Crippen molar-refractivity contribution in [1.29, 1.82) is 0 Å². The zero-order valence-corrected chi connectivity index (χ0v) is 22.2. The zero-order chi connectivity index (χ0) is 27.0. The minimum atomic E-state index is -3.50.